The van der Waals surface area contributed by atoms with Gasteiger partial charge in [-0.1, -0.05) is 12.8 Å². The average Bonchev–Trinajstić information content (AvgIpc) is 3.31. The third-order valence-electron chi connectivity index (χ3n) is 4.60. The molecule has 1 atom stereocenters. The van der Waals surface area contributed by atoms with E-state index in [1.165, 1.54) is 18.6 Å². The number of ketones is 1. The highest BCUT2D eigenvalue weighted by Gasteiger charge is 2.34. The summed E-state index contributed by atoms with van der Waals surface area (Å²) in [5.41, 5.74) is -1.21. The van der Waals surface area contributed by atoms with Crippen molar-refractivity contribution in [2.24, 2.45) is 0 Å². The van der Waals surface area contributed by atoms with E-state index >= 15 is 0 Å². The molecular formula is C23H18F4N4O3S. The molecule has 0 saturated heterocycles. The van der Waals surface area contributed by atoms with Gasteiger partial charge in [0.2, 0.25) is 0 Å². The minimum atomic E-state index is -4.90. The SMILES string of the molecule is CC(CC(=O)c1cc(C#CCCO)ncn1)c1ncc(C(=O)Nc2ccc(F)c(C(F)(F)F)c2)s1. The summed E-state index contributed by atoms with van der Waals surface area (Å²) in [6.07, 6.45) is -2.13. The number of benzene rings is 1. The maximum atomic E-state index is 13.4. The highest BCUT2D eigenvalue weighted by molar-refractivity contribution is 7.13. The summed E-state index contributed by atoms with van der Waals surface area (Å²) in [5, 5.41) is 11.5. The molecule has 0 bridgehead atoms. The fourth-order valence-corrected chi connectivity index (χ4v) is 3.75. The van der Waals surface area contributed by atoms with Crippen molar-refractivity contribution in [1.29, 1.82) is 0 Å². The molecule has 0 fully saturated rings. The molecule has 12 heteroatoms. The Hall–Kier alpha value is -3.69. The largest absolute Gasteiger partial charge is 0.419 e. The second-order valence-electron chi connectivity index (χ2n) is 7.30. The van der Waals surface area contributed by atoms with Crippen LogP contribution in [-0.2, 0) is 6.18 Å². The number of aliphatic hydroxyl groups excluding tert-OH is 1. The number of alkyl halides is 3. The quantitative estimate of drug-likeness (QED) is 0.279. The molecule has 0 spiro atoms. The third kappa shape index (κ3) is 6.91. The number of anilines is 1. The van der Waals surface area contributed by atoms with Crippen LogP contribution in [0.5, 0.6) is 0 Å². The van der Waals surface area contributed by atoms with Crippen LogP contribution in [-0.4, -0.2) is 38.4 Å². The van der Waals surface area contributed by atoms with Crippen LogP contribution in [0.4, 0.5) is 23.2 Å². The lowest BCUT2D eigenvalue weighted by Crippen LogP contribution is -2.13. The lowest BCUT2D eigenvalue weighted by Gasteiger charge is -2.10. The normalized spacial score (nSPS) is 11.9. The number of rotatable bonds is 7. The molecule has 0 aliphatic rings. The molecule has 7 nitrogen and oxygen atoms in total. The van der Waals surface area contributed by atoms with Crippen LogP contribution in [0.3, 0.4) is 0 Å². The van der Waals surface area contributed by atoms with E-state index in [9.17, 15) is 27.2 Å². The topological polar surface area (TPSA) is 105 Å². The molecule has 0 saturated carbocycles. The van der Waals surface area contributed by atoms with Crippen molar-refractivity contribution in [3.63, 3.8) is 0 Å². The van der Waals surface area contributed by atoms with Crippen molar-refractivity contribution in [1.82, 2.24) is 15.0 Å². The van der Waals surface area contributed by atoms with Crippen molar-refractivity contribution >= 4 is 28.7 Å². The van der Waals surface area contributed by atoms with Crippen molar-refractivity contribution in [2.45, 2.75) is 31.9 Å². The number of hydrogen-bond acceptors (Lipinski definition) is 7. The molecule has 2 N–H and O–H groups in total. The molecule has 1 aromatic carbocycles. The molecule has 1 amide bonds. The van der Waals surface area contributed by atoms with Gasteiger partial charge in [-0.15, -0.1) is 11.3 Å². The van der Waals surface area contributed by atoms with Crippen LogP contribution in [0.15, 0.2) is 36.8 Å². The number of Topliss-reactive ketones (excluding diaryl/α,β-unsaturated/α-hetero) is 1. The maximum Gasteiger partial charge on any atom is 0.419 e. The van der Waals surface area contributed by atoms with E-state index in [1.807, 2.05) is 0 Å². The minimum absolute atomic E-state index is 0.0298. The summed E-state index contributed by atoms with van der Waals surface area (Å²) >= 11 is 0.985. The van der Waals surface area contributed by atoms with Gasteiger partial charge in [-0.2, -0.15) is 13.2 Å². The van der Waals surface area contributed by atoms with Crippen molar-refractivity contribution < 1.29 is 32.3 Å². The summed E-state index contributed by atoms with van der Waals surface area (Å²) in [6, 6.07) is 3.61. The van der Waals surface area contributed by atoms with Crippen LogP contribution in [0, 0.1) is 17.7 Å². The Kier molecular flexibility index (Phi) is 8.26. The molecule has 3 rings (SSSR count). The number of amides is 1. The van der Waals surface area contributed by atoms with E-state index in [2.05, 4.69) is 32.1 Å². The van der Waals surface area contributed by atoms with Gasteiger partial charge in [-0.05, 0) is 24.1 Å². The molecule has 182 valence electrons. The first kappa shape index (κ1) is 25.9. The number of aliphatic hydroxyl groups is 1. The first-order valence-electron chi connectivity index (χ1n) is 10.2. The summed E-state index contributed by atoms with van der Waals surface area (Å²) < 4.78 is 52.1. The molecular weight excluding hydrogens is 488 g/mol. The van der Waals surface area contributed by atoms with Crippen LogP contribution >= 0.6 is 11.3 Å². The van der Waals surface area contributed by atoms with Crippen LogP contribution in [0.2, 0.25) is 0 Å². The Balaban J connectivity index is 1.66. The second-order valence-corrected chi connectivity index (χ2v) is 8.36. The molecule has 0 aliphatic heterocycles. The third-order valence-corrected chi connectivity index (χ3v) is 5.82. The molecule has 35 heavy (non-hydrogen) atoms. The first-order valence-corrected chi connectivity index (χ1v) is 11.0. The average molecular weight is 506 g/mol. The number of halogens is 4. The van der Waals surface area contributed by atoms with Crippen LogP contribution in [0.1, 0.15) is 62.1 Å². The Morgan fingerprint density at radius 1 is 1.20 bits per heavy atom. The number of thiazole rings is 1. The Morgan fingerprint density at radius 2 is 1.97 bits per heavy atom. The zero-order valence-electron chi connectivity index (χ0n) is 18.2. The molecule has 2 heterocycles. The van der Waals surface area contributed by atoms with Crippen molar-refractivity contribution in [3.8, 4) is 11.8 Å². The van der Waals surface area contributed by atoms with Gasteiger partial charge >= 0.3 is 6.18 Å². The molecule has 2 aromatic heterocycles. The zero-order chi connectivity index (χ0) is 25.6. The summed E-state index contributed by atoms with van der Waals surface area (Å²) in [7, 11) is 0. The van der Waals surface area contributed by atoms with E-state index in [1.54, 1.807) is 6.92 Å². The van der Waals surface area contributed by atoms with E-state index < -0.39 is 23.5 Å². The second kappa shape index (κ2) is 11.2. The Bertz CT molecular complexity index is 1300. The number of carbonyl (C=O) groups is 2. The molecule has 1 unspecified atom stereocenters. The number of nitrogens with one attached hydrogen (secondary N) is 1. The minimum Gasteiger partial charge on any atom is -0.395 e. The van der Waals surface area contributed by atoms with Gasteiger partial charge < -0.3 is 10.4 Å². The predicted octanol–water partition coefficient (Wildman–Crippen LogP) is 4.45. The standard InChI is InChI=1S/C23H18F4N4O3S/c1-13(8-19(33)18-10-14(29-12-30-18)4-2-3-7-32)22-28-11-20(35-22)21(34)31-15-5-6-17(24)16(9-15)23(25,26)27/h5-6,9-13,32H,3,7-8H2,1H3,(H,31,34). The van der Waals surface area contributed by atoms with E-state index in [-0.39, 0.29) is 47.4 Å². The smallest absolute Gasteiger partial charge is 0.395 e. The van der Waals surface area contributed by atoms with E-state index in [0.29, 0.717) is 22.8 Å². The van der Waals surface area contributed by atoms with Crippen LogP contribution in [0.25, 0.3) is 0 Å². The monoisotopic (exact) mass is 506 g/mol. The van der Waals surface area contributed by atoms with Crippen molar-refractivity contribution in [2.75, 3.05) is 11.9 Å². The maximum absolute atomic E-state index is 13.4. The lowest BCUT2D eigenvalue weighted by molar-refractivity contribution is -0.139. The van der Waals surface area contributed by atoms with E-state index in [4.69, 9.17) is 5.11 Å². The van der Waals surface area contributed by atoms with E-state index in [0.717, 1.165) is 17.4 Å². The highest BCUT2D eigenvalue weighted by atomic mass is 32.1. The number of nitrogens with zero attached hydrogens (tertiary/aromatic N) is 3. The van der Waals surface area contributed by atoms with Gasteiger partial charge in [0.05, 0.1) is 23.4 Å². The van der Waals surface area contributed by atoms with Gasteiger partial charge in [0.15, 0.2) is 5.78 Å². The van der Waals surface area contributed by atoms with Gasteiger partial charge in [0.25, 0.3) is 5.91 Å². The Labute approximate surface area is 201 Å². The predicted molar refractivity (Wildman–Crippen MR) is 119 cm³/mol. The van der Waals surface area contributed by atoms with Gasteiger partial charge in [0, 0.05) is 30.5 Å². The number of hydrogen-bond donors (Lipinski definition) is 2. The van der Waals surface area contributed by atoms with Crippen LogP contribution < -0.4 is 5.32 Å². The lowest BCUT2D eigenvalue weighted by atomic mass is 10.0. The molecule has 0 radical (unpaired) electrons. The molecule has 0 aliphatic carbocycles. The van der Waals surface area contributed by atoms with Gasteiger partial charge in [-0.3, -0.25) is 9.59 Å². The highest BCUT2D eigenvalue weighted by Crippen LogP contribution is 2.33. The fraction of sp³-hybridized carbons (Fsp3) is 0.261. The summed E-state index contributed by atoms with van der Waals surface area (Å²) in [4.78, 5) is 37.3. The summed E-state index contributed by atoms with van der Waals surface area (Å²) in [5.74, 6) is 2.60. The van der Waals surface area contributed by atoms with Crippen molar-refractivity contribution in [3.05, 3.63) is 69.4 Å². The first-order chi connectivity index (χ1) is 16.6. The number of carbonyl (C=O) groups excluding carboxylic acids is 2. The zero-order valence-corrected chi connectivity index (χ0v) is 19.0. The molecule has 3 aromatic rings. The Morgan fingerprint density at radius 3 is 2.69 bits per heavy atom. The number of aromatic nitrogens is 3. The van der Waals surface area contributed by atoms with Gasteiger partial charge in [-0.25, -0.2) is 19.3 Å². The van der Waals surface area contributed by atoms with Gasteiger partial charge in [0.1, 0.15) is 28.4 Å². The fourth-order valence-electron chi connectivity index (χ4n) is 2.89. The summed E-state index contributed by atoms with van der Waals surface area (Å²) in [6.45, 7) is 1.64.